The number of nitrogen functional groups attached to an aromatic ring is 1. The second kappa shape index (κ2) is 4.97. The van der Waals surface area contributed by atoms with Crippen LogP contribution in [-0.4, -0.2) is 35.8 Å². The summed E-state index contributed by atoms with van der Waals surface area (Å²) in [5.41, 5.74) is 6.42. The van der Waals surface area contributed by atoms with E-state index in [1.807, 2.05) is 6.92 Å². The van der Waals surface area contributed by atoms with Gasteiger partial charge in [-0.3, -0.25) is 9.59 Å². The largest absolute Gasteiger partial charge is 0.398 e. The van der Waals surface area contributed by atoms with Crippen molar-refractivity contribution in [1.29, 1.82) is 0 Å². The number of hydrogen-bond acceptors (Lipinski definition) is 4. The zero-order chi connectivity index (χ0) is 13.3. The second-order valence-electron chi connectivity index (χ2n) is 4.56. The molecule has 6 heteroatoms. The fraction of sp³-hybridized carbons (Fsp3) is 0.500. The summed E-state index contributed by atoms with van der Waals surface area (Å²) in [7, 11) is 0. The van der Waals surface area contributed by atoms with Crippen LogP contribution >= 0.6 is 11.3 Å². The average molecular weight is 267 g/mol. The van der Waals surface area contributed by atoms with Crippen LogP contribution in [0.4, 0.5) is 5.69 Å². The Kier molecular flexibility index (Phi) is 3.56. The number of likely N-dealkylation sites (tertiary alicyclic amines) is 1. The van der Waals surface area contributed by atoms with Gasteiger partial charge in [0.25, 0.3) is 5.91 Å². The summed E-state index contributed by atoms with van der Waals surface area (Å²) in [6.45, 7) is 4.66. The lowest BCUT2D eigenvalue weighted by Crippen LogP contribution is -2.37. The van der Waals surface area contributed by atoms with Crippen LogP contribution in [-0.2, 0) is 4.79 Å². The Morgan fingerprint density at radius 3 is 2.83 bits per heavy atom. The van der Waals surface area contributed by atoms with Crippen molar-refractivity contribution in [1.82, 2.24) is 10.2 Å². The van der Waals surface area contributed by atoms with Gasteiger partial charge in [-0.1, -0.05) is 0 Å². The van der Waals surface area contributed by atoms with Gasteiger partial charge in [-0.2, -0.15) is 0 Å². The summed E-state index contributed by atoms with van der Waals surface area (Å²) < 4.78 is 0. The molecule has 2 amide bonds. The Labute approximate surface area is 110 Å². The lowest BCUT2D eigenvalue weighted by atomic mass is 10.2. The first-order chi connectivity index (χ1) is 8.47. The van der Waals surface area contributed by atoms with Gasteiger partial charge in [-0.15, -0.1) is 11.3 Å². The molecule has 18 heavy (non-hydrogen) atoms. The summed E-state index contributed by atoms with van der Waals surface area (Å²) in [6.07, 6.45) is 0.811. The Morgan fingerprint density at radius 2 is 2.28 bits per heavy atom. The number of anilines is 1. The minimum atomic E-state index is -0.0505. The molecule has 1 aromatic rings. The third kappa shape index (κ3) is 2.64. The van der Waals surface area contributed by atoms with Gasteiger partial charge in [0.15, 0.2) is 0 Å². The van der Waals surface area contributed by atoms with Crippen LogP contribution in [0.2, 0.25) is 0 Å². The third-order valence-corrected chi connectivity index (χ3v) is 4.10. The van der Waals surface area contributed by atoms with Gasteiger partial charge in [-0.25, -0.2) is 0 Å². The van der Waals surface area contributed by atoms with Gasteiger partial charge in [0.1, 0.15) is 0 Å². The number of nitrogens with two attached hydrogens (primary N) is 1. The molecule has 5 nitrogen and oxygen atoms in total. The lowest BCUT2D eigenvalue weighted by Gasteiger charge is -2.15. The van der Waals surface area contributed by atoms with Gasteiger partial charge in [0.05, 0.1) is 4.88 Å². The number of amides is 2. The lowest BCUT2D eigenvalue weighted by molar-refractivity contribution is -0.119. The molecule has 1 aliphatic rings. The van der Waals surface area contributed by atoms with E-state index in [-0.39, 0.29) is 17.9 Å². The van der Waals surface area contributed by atoms with Crippen molar-refractivity contribution < 1.29 is 9.59 Å². The zero-order valence-corrected chi connectivity index (χ0v) is 11.3. The molecule has 1 aliphatic heterocycles. The number of thiophene rings is 1. The number of rotatable bonds is 2. The van der Waals surface area contributed by atoms with Crippen molar-refractivity contribution in [3.8, 4) is 0 Å². The molecule has 0 aromatic carbocycles. The molecule has 1 unspecified atom stereocenters. The quantitative estimate of drug-likeness (QED) is 0.839. The predicted octanol–water partition coefficient (Wildman–Crippen LogP) is 0.989. The average Bonchev–Trinajstić information content (AvgIpc) is 2.85. The number of carbonyl (C=O) groups is 2. The van der Waals surface area contributed by atoms with E-state index < -0.39 is 0 Å². The van der Waals surface area contributed by atoms with Gasteiger partial charge in [0, 0.05) is 36.6 Å². The molecule has 0 spiro atoms. The van der Waals surface area contributed by atoms with E-state index in [1.54, 1.807) is 11.0 Å². The van der Waals surface area contributed by atoms with E-state index in [9.17, 15) is 9.59 Å². The Hall–Kier alpha value is -1.56. The maximum atomic E-state index is 12.2. The molecule has 0 radical (unpaired) electrons. The second-order valence-corrected chi connectivity index (χ2v) is 5.82. The number of carbonyl (C=O) groups excluding carboxylic acids is 2. The highest BCUT2D eigenvalue weighted by molar-refractivity contribution is 7.14. The normalized spacial score (nSPS) is 19.0. The Balaban J connectivity index is 2.01. The fourth-order valence-corrected chi connectivity index (χ4v) is 3.02. The van der Waals surface area contributed by atoms with E-state index in [0.29, 0.717) is 23.7 Å². The van der Waals surface area contributed by atoms with Crippen molar-refractivity contribution >= 4 is 28.8 Å². The molecule has 0 bridgehead atoms. The van der Waals surface area contributed by atoms with Gasteiger partial charge >= 0.3 is 0 Å². The third-order valence-electron chi connectivity index (χ3n) is 3.05. The maximum absolute atomic E-state index is 12.2. The van der Waals surface area contributed by atoms with E-state index in [0.717, 1.165) is 11.3 Å². The molecule has 1 aromatic heterocycles. The molecule has 0 aliphatic carbocycles. The smallest absolute Gasteiger partial charge is 0.264 e. The fourth-order valence-electron chi connectivity index (χ4n) is 2.11. The van der Waals surface area contributed by atoms with Crippen molar-refractivity contribution in [3.63, 3.8) is 0 Å². The first-order valence-corrected chi connectivity index (χ1v) is 6.71. The summed E-state index contributed by atoms with van der Waals surface area (Å²) >= 11 is 1.42. The minimum absolute atomic E-state index is 0.00709. The number of hydrogen-bond donors (Lipinski definition) is 2. The molecular formula is C12H17N3O2S. The van der Waals surface area contributed by atoms with Crippen molar-refractivity contribution in [3.05, 3.63) is 15.8 Å². The number of nitrogens with zero attached hydrogens (tertiary/aromatic N) is 1. The molecule has 98 valence electrons. The van der Waals surface area contributed by atoms with Crippen molar-refractivity contribution in [2.24, 2.45) is 0 Å². The molecule has 2 heterocycles. The molecule has 1 fully saturated rings. The van der Waals surface area contributed by atoms with Gasteiger partial charge in [0.2, 0.25) is 5.91 Å². The zero-order valence-electron chi connectivity index (χ0n) is 10.5. The van der Waals surface area contributed by atoms with E-state index in [1.165, 1.54) is 18.3 Å². The van der Waals surface area contributed by atoms with Crippen LogP contribution in [0.15, 0.2) is 6.07 Å². The van der Waals surface area contributed by atoms with Gasteiger partial charge in [-0.05, 0) is 19.4 Å². The summed E-state index contributed by atoms with van der Waals surface area (Å²) in [6, 6.07) is 1.80. The highest BCUT2D eigenvalue weighted by atomic mass is 32.1. The number of nitrogens with one attached hydrogen (secondary N) is 1. The topological polar surface area (TPSA) is 75.4 Å². The molecule has 3 N–H and O–H groups in total. The van der Waals surface area contributed by atoms with Crippen LogP contribution in [0.1, 0.15) is 27.9 Å². The van der Waals surface area contributed by atoms with Crippen LogP contribution < -0.4 is 11.1 Å². The first kappa shape index (κ1) is 12.9. The van der Waals surface area contributed by atoms with Crippen molar-refractivity contribution in [2.75, 3.05) is 18.8 Å². The molecule has 2 rings (SSSR count). The van der Waals surface area contributed by atoms with Crippen LogP contribution in [0.5, 0.6) is 0 Å². The summed E-state index contributed by atoms with van der Waals surface area (Å²) in [4.78, 5) is 26.6. The predicted molar refractivity (Wildman–Crippen MR) is 71.6 cm³/mol. The molecule has 1 atom stereocenters. The standard InChI is InChI=1S/C12H17N3O2S/c1-7-10(13)5-11(18-7)12(17)15-4-3-9(6-15)14-8(2)16/h5,9H,3-4,6,13H2,1-2H3,(H,14,16). The van der Waals surface area contributed by atoms with E-state index in [4.69, 9.17) is 5.73 Å². The van der Waals surface area contributed by atoms with Crippen LogP contribution in [0.3, 0.4) is 0 Å². The Morgan fingerprint density at radius 1 is 1.56 bits per heavy atom. The minimum Gasteiger partial charge on any atom is -0.398 e. The Bertz CT molecular complexity index is 464. The highest BCUT2D eigenvalue weighted by Gasteiger charge is 2.28. The van der Waals surface area contributed by atoms with Crippen LogP contribution in [0, 0.1) is 6.92 Å². The van der Waals surface area contributed by atoms with Crippen molar-refractivity contribution in [2.45, 2.75) is 26.3 Å². The number of aryl methyl sites for hydroxylation is 1. The first-order valence-electron chi connectivity index (χ1n) is 5.89. The maximum Gasteiger partial charge on any atom is 0.264 e. The monoisotopic (exact) mass is 267 g/mol. The summed E-state index contributed by atoms with van der Waals surface area (Å²) in [5.74, 6) is -0.0434. The van der Waals surface area contributed by atoms with E-state index >= 15 is 0 Å². The molecule has 0 saturated carbocycles. The SMILES string of the molecule is CC(=O)NC1CCN(C(=O)c2cc(N)c(C)s2)C1. The summed E-state index contributed by atoms with van der Waals surface area (Å²) in [5, 5.41) is 2.84. The van der Waals surface area contributed by atoms with Gasteiger partial charge < -0.3 is 16.0 Å². The van der Waals surface area contributed by atoms with Crippen LogP contribution in [0.25, 0.3) is 0 Å². The van der Waals surface area contributed by atoms with E-state index in [2.05, 4.69) is 5.32 Å². The molecular weight excluding hydrogens is 250 g/mol. The highest BCUT2D eigenvalue weighted by Crippen LogP contribution is 2.25. The molecule has 1 saturated heterocycles.